The molecule has 10 heteroatoms. The fourth-order valence-corrected chi connectivity index (χ4v) is 3.34. The number of carboxylic acids is 1. The highest BCUT2D eigenvalue weighted by Crippen LogP contribution is 2.33. The van der Waals surface area contributed by atoms with Gasteiger partial charge in [-0.1, -0.05) is 6.07 Å². The molecule has 1 aliphatic rings. The summed E-state index contributed by atoms with van der Waals surface area (Å²) in [4.78, 5) is 47.2. The largest absolute Gasteiger partial charge is 0.481 e. The van der Waals surface area contributed by atoms with Gasteiger partial charge in [0.15, 0.2) is 6.61 Å². The van der Waals surface area contributed by atoms with Crippen LogP contribution in [0.5, 0.6) is 5.75 Å². The molecule has 138 valence electrons. The maximum absolute atomic E-state index is 12.3. The van der Waals surface area contributed by atoms with Crippen LogP contribution in [0.3, 0.4) is 0 Å². The number of nitrogens with zero attached hydrogens (tertiary/aromatic N) is 1. The molecule has 0 spiro atoms. The predicted octanol–water partition coefficient (Wildman–Crippen LogP) is 2.51. The molecular formula is C16H14BrNO7S. The Balaban J connectivity index is 2.13. The van der Waals surface area contributed by atoms with Crippen molar-refractivity contribution in [3.8, 4) is 5.75 Å². The zero-order valence-corrected chi connectivity index (χ0v) is 16.0. The number of halogens is 1. The number of rotatable bonds is 7. The highest BCUT2D eigenvalue weighted by molar-refractivity contribution is 9.10. The Morgan fingerprint density at radius 3 is 2.69 bits per heavy atom. The monoisotopic (exact) mass is 443 g/mol. The van der Waals surface area contributed by atoms with Gasteiger partial charge in [0.2, 0.25) is 0 Å². The molecule has 8 nitrogen and oxygen atoms in total. The van der Waals surface area contributed by atoms with Gasteiger partial charge in [-0.3, -0.25) is 19.3 Å². The topological polar surface area (TPSA) is 110 Å². The van der Waals surface area contributed by atoms with Gasteiger partial charge < -0.3 is 14.6 Å². The van der Waals surface area contributed by atoms with Crippen LogP contribution in [0, 0.1) is 0 Å². The average molecular weight is 444 g/mol. The number of carbonyl (C=O) groups is 4. The lowest BCUT2D eigenvalue weighted by molar-refractivity contribution is -0.146. The number of imide groups is 1. The van der Waals surface area contributed by atoms with E-state index in [1.807, 2.05) is 0 Å². The van der Waals surface area contributed by atoms with E-state index in [0.717, 1.165) is 16.7 Å². The average Bonchev–Trinajstić information content (AvgIpc) is 2.82. The van der Waals surface area contributed by atoms with Gasteiger partial charge in [0.25, 0.3) is 11.1 Å². The summed E-state index contributed by atoms with van der Waals surface area (Å²) in [7, 11) is 0. The van der Waals surface area contributed by atoms with Crippen molar-refractivity contribution < 1.29 is 33.8 Å². The third-order valence-electron chi connectivity index (χ3n) is 3.07. The van der Waals surface area contributed by atoms with Gasteiger partial charge in [0.05, 0.1) is 16.0 Å². The molecule has 0 aliphatic carbocycles. The quantitative estimate of drug-likeness (QED) is 0.505. The van der Waals surface area contributed by atoms with E-state index in [-0.39, 0.29) is 11.5 Å². The van der Waals surface area contributed by atoms with E-state index in [1.54, 1.807) is 25.1 Å². The number of hydrogen-bond acceptors (Lipinski definition) is 7. The van der Waals surface area contributed by atoms with E-state index in [1.165, 1.54) is 6.08 Å². The Morgan fingerprint density at radius 2 is 2.08 bits per heavy atom. The first kappa shape index (κ1) is 20.0. The van der Waals surface area contributed by atoms with Crippen LogP contribution in [-0.2, 0) is 19.1 Å². The van der Waals surface area contributed by atoms with E-state index in [0.29, 0.717) is 15.8 Å². The van der Waals surface area contributed by atoms with Gasteiger partial charge in [-0.05, 0) is 58.4 Å². The third kappa shape index (κ3) is 5.09. The lowest BCUT2D eigenvalue weighted by Gasteiger charge is -2.10. The second-order valence-corrected chi connectivity index (χ2v) is 6.79. The minimum Gasteiger partial charge on any atom is -0.481 e. The van der Waals surface area contributed by atoms with Crippen molar-refractivity contribution in [2.24, 2.45) is 0 Å². The second kappa shape index (κ2) is 8.86. The number of aliphatic carboxylic acids is 1. The normalized spacial score (nSPS) is 15.5. The van der Waals surface area contributed by atoms with Gasteiger partial charge >= 0.3 is 11.9 Å². The highest BCUT2D eigenvalue weighted by atomic mass is 79.9. The van der Waals surface area contributed by atoms with Crippen molar-refractivity contribution in [2.75, 3.05) is 19.8 Å². The molecule has 0 atom stereocenters. The summed E-state index contributed by atoms with van der Waals surface area (Å²) in [6.45, 7) is 0.884. The van der Waals surface area contributed by atoms with Crippen LogP contribution in [0.4, 0.5) is 4.79 Å². The number of amides is 2. The van der Waals surface area contributed by atoms with Gasteiger partial charge in [-0.25, -0.2) is 4.79 Å². The van der Waals surface area contributed by atoms with Crippen LogP contribution in [-0.4, -0.2) is 52.8 Å². The van der Waals surface area contributed by atoms with Crippen LogP contribution in [0.2, 0.25) is 0 Å². The molecule has 1 aromatic carbocycles. The van der Waals surface area contributed by atoms with Crippen LogP contribution < -0.4 is 4.74 Å². The summed E-state index contributed by atoms with van der Waals surface area (Å²) in [6, 6.07) is 4.78. The summed E-state index contributed by atoms with van der Waals surface area (Å²) >= 11 is 3.99. The van der Waals surface area contributed by atoms with Gasteiger partial charge in [-0.15, -0.1) is 0 Å². The molecule has 0 aromatic heterocycles. The summed E-state index contributed by atoms with van der Waals surface area (Å²) < 4.78 is 10.3. The fourth-order valence-electron chi connectivity index (χ4n) is 1.99. The minimum absolute atomic E-state index is 0.162. The van der Waals surface area contributed by atoms with Crippen molar-refractivity contribution in [1.29, 1.82) is 0 Å². The number of ether oxygens (including phenoxy) is 2. The van der Waals surface area contributed by atoms with Crippen LogP contribution >= 0.6 is 27.7 Å². The van der Waals surface area contributed by atoms with Crippen molar-refractivity contribution in [2.45, 2.75) is 6.92 Å². The molecule has 1 N–H and O–H groups in total. The number of thioether (sulfide) groups is 1. The number of benzene rings is 1. The molecule has 2 rings (SSSR count). The lowest BCUT2D eigenvalue weighted by Crippen LogP contribution is -2.34. The maximum atomic E-state index is 12.3. The van der Waals surface area contributed by atoms with Crippen LogP contribution in [0.25, 0.3) is 6.08 Å². The fraction of sp³-hybridized carbons (Fsp3) is 0.250. The van der Waals surface area contributed by atoms with Crippen LogP contribution in [0.15, 0.2) is 27.6 Å². The van der Waals surface area contributed by atoms with Crippen molar-refractivity contribution >= 4 is 56.9 Å². The van der Waals surface area contributed by atoms with E-state index in [4.69, 9.17) is 14.6 Å². The van der Waals surface area contributed by atoms with Crippen LogP contribution in [0.1, 0.15) is 12.5 Å². The summed E-state index contributed by atoms with van der Waals surface area (Å²) in [5, 5.41) is 8.08. The van der Waals surface area contributed by atoms with E-state index in [9.17, 15) is 19.2 Å². The van der Waals surface area contributed by atoms with E-state index in [2.05, 4.69) is 15.9 Å². The zero-order chi connectivity index (χ0) is 19.3. The third-order valence-corrected chi connectivity index (χ3v) is 4.60. The summed E-state index contributed by atoms with van der Waals surface area (Å²) in [6.07, 6.45) is 1.50. The molecule has 0 unspecified atom stereocenters. The number of esters is 1. The first-order valence-electron chi connectivity index (χ1n) is 7.37. The van der Waals surface area contributed by atoms with E-state index < -0.39 is 36.2 Å². The first-order valence-corrected chi connectivity index (χ1v) is 8.98. The maximum Gasteiger partial charge on any atom is 0.341 e. The van der Waals surface area contributed by atoms with Gasteiger partial charge in [0, 0.05) is 0 Å². The molecular weight excluding hydrogens is 430 g/mol. The Morgan fingerprint density at radius 1 is 1.35 bits per heavy atom. The standard InChI is InChI=1S/C16H14BrNO7S/c1-2-24-14(21)7-18-15(22)12(26-16(18)23)6-9-3-4-11(10(17)5-9)25-8-13(19)20/h3-6H,2,7-8H2,1H3,(H,19,20)/b12-6-. The molecule has 1 saturated heterocycles. The van der Waals surface area contributed by atoms with Crippen molar-refractivity contribution in [3.05, 3.63) is 33.1 Å². The minimum atomic E-state index is -1.10. The molecule has 2 amide bonds. The molecule has 0 saturated carbocycles. The second-order valence-electron chi connectivity index (χ2n) is 4.95. The van der Waals surface area contributed by atoms with Crippen molar-refractivity contribution in [1.82, 2.24) is 4.90 Å². The van der Waals surface area contributed by atoms with E-state index >= 15 is 0 Å². The Kier molecular flexibility index (Phi) is 6.81. The Bertz CT molecular complexity index is 793. The molecule has 1 aliphatic heterocycles. The first-order chi connectivity index (χ1) is 12.3. The lowest BCUT2D eigenvalue weighted by atomic mass is 10.2. The molecule has 26 heavy (non-hydrogen) atoms. The summed E-state index contributed by atoms with van der Waals surface area (Å²) in [5.41, 5.74) is 0.598. The predicted molar refractivity (Wildman–Crippen MR) is 96.6 cm³/mol. The Labute approximate surface area is 161 Å². The van der Waals surface area contributed by atoms with Crippen molar-refractivity contribution in [3.63, 3.8) is 0 Å². The van der Waals surface area contributed by atoms with Gasteiger partial charge in [-0.2, -0.15) is 0 Å². The SMILES string of the molecule is CCOC(=O)CN1C(=O)S/C(=C\c2ccc(OCC(=O)O)c(Br)c2)C1=O. The van der Waals surface area contributed by atoms with Gasteiger partial charge in [0.1, 0.15) is 12.3 Å². The molecule has 1 fully saturated rings. The number of carboxylic acid groups (broad SMARTS) is 1. The smallest absolute Gasteiger partial charge is 0.341 e. The Hall–Kier alpha value is -2.33. The zero-order valence-electron chi connectivity index (χ0n) is 13.6. The number of carbonyl (C=O) groups excluding carboxylic acids is 3. The molecule has 1 heterocycles. The molecule has 0 radical (unpaired) electrons. The highest BCUT2D eigenvalue weighted by Gasteiger charge is 2.36. The molecule has 0 bridgehead atoms. The number of hydrogen-bond donors (Lipinski definition) is 1. The molecule has 1 aromatic rings. The summed E-state index contributed by atoms with van der Waals surface area (Å²) in [5.74, 6) is -2.00.